The van der Waals surface area contributed by atoms with Crippen molar-refractivity contribution < 1.29 is 14.7 Å². The Morgan fingerprint density at radius 1 is 1.29 bits per heavy atom. The zero-order valence-electron chi connectivity index (χ0n) is 9.72. The van der Waals surface area contributed by atoms with Gasteiger partial charge in [-0.25, -0.2) is 0 Å². The molecule has 4 heteroatoms. The third-order valence-electron chi connectivity index (χ3n) is 2.94. The molecule has 1 aromatic rings. The maximum absolute atomic E-state index is 11.4. The third-order valence-corrected chi connectivity index (χ3v) is 2.94. The van der Waals surface area contributed by atoms with E-state index in [4.69, 9.17) is 0 Å². The summed E-state index contributed by atoms with van der Waals surface area (Å²) >= 11 is 0. The van der Waals surface area contributed by atoms with Crippen LogP contribution in [0.2, 0.25) is 0 Å². The smallest absolute Gasteiger partial charge is 0.229 e. The van der Waals surface area contributed by atoms with Gasteiger partial charge < -0.3 is 5.11 Å². The first-order valence-corrected chi connectivity index (χ1v) is 5.66. The Kier molecular flexibility index (Phi) is 3.24. The summed E-state index contributed by atoms with van der Waals surface area (Å²) in [5.74, 6) is -0.386. The van der Waals surface area contributed by atoms with Crippen LogP contribution in [0.5, 0.6) is 0 Å². The molecule has 0 aliphatic carbocycles. The number of imide groups is 1. The summed E-state index contributed by atoms with van der Waals surface area (Å²) in [4.78, 5) is 24.0. The van der Waals surface area contributed by atoms with E-state index < -0.39 is 6.10 Å². The van der Waals surface area contributed by atoms with E-state index in [1.54, 1.807) is 6.07 Å². The molecule has 4 nitrogen and oxygen atoms in total. The van der Waals surface area contributed by atoms with Crippen molar-refractivity contribution in [1.29, 1.82) is 0 Å². The zero-order chi connectivity index (χ0) is 12.4. The summed E-state index contributed by atoms with van der Waals surface area (Å²) in [6.07, 6.45) is -0.278. The lowest BCUT2D eigenvalue weighted by atomic mass is 10.1. The Balaban J connectivity index is 2.09. The zero-order valence-corrected chi connectivity index (χ0v) is 9.72. The lowest BCUT2D eigenvalue weighted by molar-refractivity contribution is -0.140. The highest BCUT2D eigenvalue weighted by molar-refractivity contribution is 6.01. The van der Waals surface area contributed by atoms with Gasteiger partial charge in [0.2, 0.25) is 11.8 Å². The molecule has 1 heterocycles. The second-order valence-corrected chi connectivity index (χ2v) is 4.33. The minimum absolute atomic E-state index is 0.0567. The third kappa shape index (κ3) is 2.53. The van der Waals surface area contributed by atoms with E-state index in [0.717, 1.165) is 16.0 Å². The summed E-state index contributed by atoms with van der Waals surface area (Å²) < 4.78 is 0. The van der Waals surface area contributed by atoms with Crippen molar-refractivity contribution in [3.8, 4) is 0 Å². The van der Waals surface area contributed by atoms with Gasteiger partial charge in [-0.05, 0) is 12.5 Å². The molecule has 1 atom stereocenters. The maximum atomic E-state index is 11.4. The standard InChI is InChI=1S/C13H15NO3/c1-9-3-2-4-10(7-9)11(15)8-14-12(16)5-6-13(14)17/h2-4,7,11,15H,5-6,8H2,1H3. The second-order valence-electron chi connectivity index (χ2n) is 4.33. The van der Waals surface area contributed by atoms with E-state index in [1.807, 2.05) is 25.1 Å². The molecule has 0 saturated carbocycles. The largest absolute Gasteiger partial charge is 0.387 e. The minimum atomic E-state index is -0.805. The Morgan fingerprint density at radius 3 is 2.53 bits per heavy atom. The van der Waals surface area contributed by atoms with Crippen molar-refractivity contribution >= 4 is 11.8 Å². The van der Waals surface area contributed by atoms with E-state index in [2.05, 4.69) is 0 Å². The number of carbonyl (C=O) groups is 2. The van der Waals surface area contributed by atoms with Crippen LogP contribution in [0.3, 0.4) is 0 Å². The van der Waals surface area contributed by atoms with Crippen LogP contribution in [0.25, 0.3) is 0 Å². The molecule has 1 fully saturated rings. The van der Waals surface area contributed by atoms with Crippen molar-refractivity contribution in [3.05, 3.63) is 35.4 Å². The second kappa shape index (κ2) is 4.67. The number of carbonyl (C=O) groups excluding carboxylic acids is 2. The first-order valence-electron chi connectivity index (χ1n) is 5.66. The number of hydrogen-bond acceptors (Lipinski definition) is 3. The summed E-state index contributed by atoms with van der Waals surface area (Å²) in [6, 6.07) is 7.43. The molecule has 1 saturated heterocycles. The van der Waals surface area contributed by atoms with Crippen LogP contribution in [0, 0.1) is 6.92 Å². The first-order chi connectivity index (χ1) is 8.08. The first kappa shape index (κ1) is 11.8. The van der Waals surface area contributed by atoms with E-state index >= 15 is 0 Å². The lowest BCUT2D eigenvalue weighted by Gasteiger charge is -2.18. The van der Waals surface area contributed by atoms with Gasteiger partial charge in [-0.2, -0.15) is 0 Å². The predicted octanol–water partition coefficient (Wildman–Crippen LogP) is 1.18. The lowest BCUT2D eigenvalue weighted by Crippen LogP contribution is -2.33. The molecule has 0 aromatic heterocycles. The number of likely N-dealkylation sites (tertiary alicyclic amines) is 1. The van der Waals surface area contributed by atoms with Gasteiger partial charge in [0.15, 0.2) is 0 Å². The highest BCUT2D eigenvalue weighted by atomic mass is 16.3. The maximum Gasteiger partial charge on any atom is 0.229 e. The van der Waals surface area contributed by atoms with Gasteiger partial charge in [-0.1, -0.05) is 29.8 Å². The summed E-state index contributed by atoms with van der Waals surface area (Å²) in [5, 5.41) is 9.99. The van der Waals surface area contributed by atoms with E-state index in [9.17, 15) is 14.7 Å². The molecule has 0 radical (unpaired) electrons. The van der Waals surface area contributed by atoms with Crippen LogP contribution in [-0.4, -0.2) is 28.4 Å². The van der Waals surface area contributed by atoms with Gasteiger partial charge >= 0.3 is 0 Å². The number of amides is 2. The predicted molar refractivity (Wildman–Crippen MR) is 62.1 cm³/mol. The average Bonchev–Trinajstić information content (AvgIpc) is 2.61. The highest BCUT2D eigenvalue weighted by Gasteiger charge is 2.30. The fraction of sp³-hybridized carbons (Fsp3) is 0.385. The SMILES string of the molecule is Cc1cccc(C(O)CN2C(=O)CCC2=O)c1. The van der Waals surface area contributed by atoms with Crippen LogP contribution in [0.4, 0.5) is 0 Å². The Bertz CT molecular complexity index is 440. The van der Waals surface area contributed by atoms with Crippen molar-refractivity contribution in [2.75, 3.05) is 6.54 Å². The van der Waals surface area contributed by atoms with E-state index in [-0.39, 0.29) is 31.2 Å². The van der Waals surface area contributed by atoms with Gasteiger partial charge in [0, 0.05) is 12.8 Å². The quantitative estimate of drug-likeness (QED) is 0.797. The van der Waals surface area contributed by atoms with Gasteiger partial charge in [-0.3, -0.25) is 14.5 Å². The molecule has 90 valence electrons. The van der Waals surface area contributed by atoms with Crippen molar-refractivity contribution in [1.82, 2.24) is 4.90 Å². The Labute approximate surface area is 99.9 Å². The number of aryl methyl sites for hydroxylation is 1. The van der Waals surface area contributed by atoms with Crippen LogP contribution in [0.1, 0.15) is 30.1 Å². The molecule has 2 rings (SSSR count). The van der Waals surface area contributed by atoms with Crippen molar-refractivity contribution in [2.45, 2.75) is 25.9 Å². The number of nitrogens with zero attached hydrogens (tertiary/aromatic N) is 1. The summed E-state index contributed by atoms with van der Waals surface area (Å²) in [7, 11) is 0. The van der Waals surface area contributed by atoms with Crippen LogP contribution < -0.4 is 0 Å². The normalized spacial score (nSPS) is 17.6. The fourth-order valence-electron chi connectivity index (χ4n) is 1.98. The number of hydrogen-bond donors (Lipinski definition) is 1. The Hall–Kier alpha value is -1.68. The number of β-amino-alcohol motifs (C(OH)–C–C–N with tert-alkyl or cyclic N) is 1. The molecule has 17 heavy (non-hydrogen) atoms. The van der Waals surface area contributed by atoms with E-state index in [1.165, 1.54) is 0 Å². The number of benzene rings is 1. The summed E-state index contributed by atoms with van der Waals surface area (Å²) in [5.41, 5.74) is 1.78. The molecular formula is C13H15NO3. The van der Waals surface area contributed by atoms with Crippen LogP contribution >= 0.6 is 0 Å². The molecule has 0 bridgehead atoms. The number of aliphatic hydroxyl groups is 1. The molecule has 1 N–H and O–H groups in total. The minimum Gasteiger partial charge on any atom is -0.387 e. The molecular weight excluding hydrogens is 218 g/mol. The van der Waals surface area contributed by atoms with Gasteiger partial charge in [-0.15, -0.1) is 0 Å². The Morgan fingerprint density at radius 2 is 1.94 bits per heavy atom. The van der Waals surface area contributed by atoms with Gasteiger partial charge in [0.1, 0.15) is 0 Å². The molecule has 2 amide bonds. The molecule has 1 aliphatic rings. The van der Waals surface area contributed by atoms with Gasteiger partial charge in [0.25, 0.3) is 0 Å². The summed E-state index contributed by atoms with van der Waals surface area (Å²) in [6.45, 7) is 1.99. The highest BCUT2D eigenvalue weighted by Crippen LogP contribution is 2.19. The van der Waals surface area contributed by atoms with E-state index in [0.29, 0.717) is 0 Å². The number of aliphatic hydroxyl groups excluding tert-OH is 1. The molecule has 1 aromatic carbocycles. The monoisotopic (exact) mass is 233 g/mol. The van der Waals surface area contributed by atoms with Crippen molar-refractivity contribution in [3.63, 3.8) is 0 Å². The fourth-order valence-corrected chi connectivity index (χ4v) is 1.98. The molecule has 1 aliphatic heterocycles. The van der Waals surface area contributed by atoms with Crippen LogP contribution in [0.15, 0.2) is 24.3 Å². The molecule has 1 unspecified atom stereocenters. The average molecular weight is 233 g/mol. The number of rotatable bonds is 3. The van der Waals surface area contributed by atoms with Crippen molar-refractivity contribution in [2.24, 2.45) is 0 Å². The van der Waals surface area contributed by atoms with Gasteiger partial charge in [0.05, 0.1) is 12.6 Å². The van der Waals surface area contributed by atoms with Crippen LogP contribution in [-0.2, 0) is 9.59 Å². The molecule has 0 spiro atoms. The topological polar surface area (TPSA) is 57.6 Å².